The molecule has 0 fully saturated rings. The van der Waals surface area contributed by atoms with Crippen LogP contribution in [0.1, 0.15) is 63.5 Å². The summed E-state index contributed by atoms with van der Waals surface area (Å²) in [6.07, 6.45) is 8.94. The van der Waals surface area contributed by atoms with Crippen LogP contribution in [-0.4, -0.2) is 28.9 Å². The molecule has 0 unspecified atom stereocenters. The molecule has 0 saturated carbocycles. The van der Waals surface area contributed by atoms with Crippen molar-refractivity contribution in [3.63, 3.8) is 0 Å². The summed E-state index contributed by atoms with van der Waals surface area (Å²) in [5, 5.41) is 22.3. The highest BCUT2D eigenvalue weighted by Gasteiger charge is 2.18. The van der Waals surface area contributed by atoms with Crippen LogP contribution in [-0.2, 0) is 11.2 Å². The summed E-state index contributed by atoms with van der Waals surface area (Å²) in [5.74, 6) is -1.38. The molecule has 2 rings (SSSR count). The van der Waals surface area contributed by atoms with E-state index in [4.69, 9.17) is 0 Å². The third kappa shape index (κ3) is 5.69. The number of carboxylic acid groups (broad SMARTS) is 1. The number of aliphatic hydroxyl groups is 1. The van der Waals surface area contributed by atoms with Crippen LogP contribution in [0.25, 0.3) is 16.5 Å². The summed E-state index contributed by atoms with van der Waals surface area (Å²) in [6, 6.07) is 11.6. The van der Waals surface area contributed by atoms with Crippen molar-refractivity contribution >= 4 is 28.7 Å². The van der Waals surface area contributed by atoms with Gasteiger partial charge in [-0.25, -0.2) is 4.79 Å². The van der Waals surface area contributed by atoms with E-state index in [0.29, 0.717) is 18.5 Å². The fraction of sp³-hybridized carbons (Fsp3) is 0.417. The van der Waals surface area contributed by atoms with Crippen LogP contribution < -0.4 is 0 Å². The molecule has 0 heterocycles. The number of carboxylic acids is 1. The Morgan fingerprint density at radius 3 is 2.39 bits per heavy atom. The molecular weight excluding hydrogens is 350 g/mol. The molecule has 150 valence electrons. The number of carbonyl (C=O) groups is 1. The number of aliphatic carboxylic acids is 1. The van der Waals surface area contributed by atoms with Gasteiger partial charge in [-0.05, 0) is 29.2 Å². The van der Waals surface area contributed by atoms with Crippen LogP contribution in [0.2, 0.25) is 0 Å². The fourth-order valence-electron chi connectivity index (χ4n) is 3.38. The number of fused-ring (bicyclic) bond motifs is 1. The second-order valence-electron chi connectivity index (χ2n) is 7.04. The van der Waals surface area contributed by atoms with Gasteiger partial charge in [-0.15, -0.1) is 0 Å². The van der Waals surface area contributed by atoms with E-state index in [1.807, 2.05) is 43.3 Å². The van der Waals surface area contributed by atoms with Crippen LogP contribution >= 0.6 is 0 Å². The Morgan fingerprint density at radius 1 is 0.964 bits per heavy atom. The Hall–Kier alpha value is -2.62. The second-order valence-corrected chi connectivity index (χ2v) is 7.04. The Kier molecular flexibility index (Phi) is 8.73. The summed E-state index contributed by atoms with van der Waals surface area (Å²) < 4.78 is 0. The number of aryl methyl sites for hydroxylation is 1. The molecule has 0 spiro atoms. The first kappa shape index (κ1) is 21.7. The maximum Gasteiger partial charge on any atom is 0.341 e. The largest absolute Gasteiger partial charge is 0.506 e. The topological polar surface area (TPSA) is 69.9 Å². The Morgan fingerprint density at radius 2 is 1.68 bits per heavy atom. The van der Waals surface area contributed by atoms with E-state index < -0.39 is 5.97 Å². The van der Waals surface area contributed by atoms with Gasteiger partial charge in [-0.3, -0.25) is 4.99 Å². The third-order valence-corrected chi connectivity index (χ3v) is 4.98. The molecule has 2 aromatic rings. The molecule has 2 N–H and O–H groups in total. The highest BCUT2D eigenvalue weighted by molar-refractivity contribution is 6.15. The third-order valence-electron chi connectivity index (χ3n) is 4.98. The van der Waals surface area contributed by atoms with Gasteiger partial charge < -0.3 is 10.2 Å². The molecule has 2 aromatic carbocycles. The van der Waals surface area contributed by atoms with Crippen molar-refractivity contribution in [3.8, 4) is 0 Å². The van der Waals surface area contributed by atoms with Gasteiger partial charge in [-0.1, -0.05) is 82.3 Å². The molecule has 0 aliphatic rings. The lowest BCUT2D eigenvalue weighted by Crippen LogP contribution is -2.08. The smallest absolute Gasteiger partial charge is 0.341 e. The van der Waals surface area contributed by atoms with Crippen LogP contribution in [0.3, 0.4) is 0 Å². The monoisotopic (exact) mass is 381 g/mol. The molecule has 0 bridgehead atoms. The minimum absolute atomic E-state index is 0.156. The van der Waals surface area contributed by atoms with Gasteiger partial charge in [0.25, 0.3) is 0 Å². The van der Waals surface area contributed by atoms with Crippen molar-refractivity contribution in [2.75, 3.05) is 6.54 Å². The number of rotatable bonds is 11. The molecule has 4 heteroatoms. The quantitative estimate of drug-likeness (QED) is 0.211. The average Bonchev–Trinajstić information content (AvgIpc) is 2.71. The molecular formula is C24H31NO3. The molecule has 0 amide bonds. The molecule has 4 nitrogen and oxygen atoms in total. The number of nitrogens with zero attached hydrogens (tertiary/aromatic N) is 1. The number of hydrogen-bond acceptors (Lipinski definition) is 3. The van der Waals surface area contributed by atoms with Crippen LogP contribution in [0.5, 0.6) is 0 Å². The second kappa shape index (κ2) is 11.3. The predicted molar refractivity (Wildman–Crippen MR) is 117 cm³/mol. The first-order valence-electron chi connectivity index (χ1n) is 10.3. The molecule has 0 radical (unpaired) electrons. The number of unbranched alkanes of at least 4 members (excludes halogenated alkanes) is 5. The Bertz CT molecular complexity index is 852. The summed E-state index contributed by atoms with van der Waals surface area (Å²) >= 11 is 0. The van der Waals surface area contributed by atoms with E-state index in [2.05, 4.69) is 11.9 Å². The lowest BCUT2D eigenvalue weighted by molar-refractivity contribution is -0.132. The van der Waals surface area contributed by atoms with Gasteiger partial charge in [0.1, 0.15) is 11.3 Å². The summed E-state index contributed by atoms with van der Waals surface area (Å²) in [7, 11) is 0. The van der Waals surface area contributed by atoms with Crippen molar-refractivity contribution in [2.24, 2.45) is 4.99 Å². The highest BCUT2D eigenvalue weighted by atomic mass is 16.4. The predicted octanol–water partition coefficient (Wildman–Crippen LogP) is 6.19. The van der Waals surface area contributed by atoms with Gasteiger partial charge in [-0.2, -0.15) is 0 Å². The van der Waals surface area contributed by atoms with Gasteiger partial charge in [0.05, 0.1) is 0 Å². The standard InChI is InChI=1S/C24H31NO3/c1-3-5-6-7-8-11-16-25-17-21(24(27)28)23(26)22-18(4-2)14-15-19-12-9-10-13-20(19)22/h9-10,12-15,17,26H,3-8,11,16H2,1-2H3,(H,27,28). The molecule has 0 aromatic heterocycles. The fourth-order valence-corrected chi connectivity index (χ4v) is 3.38. The lowest BCUT2D eigenvalue weighted by atomic mass is 9.94. The van der Waals surface area contributed by atoms with Crippen LogP contribution in [0.15, 0.2) is 47.0 Å². The number of hydrogen-bond donors (Lipinski definition) is 2. The van der Waals surface area contributed by atoms with Crippen molar-refractivity contribution in [1.82, 2.24) is 0 Å². The van der Waals surface area contributed by atoms with Crippen molar-refractivity contribution < 1.29 is 15.0 Å². The van der Waals surface area contributed by atoms with Crippen LogP contribution in [0.4, 0.5) is 0 Å². The van der Waals surface area contributed by atoms with E-state index in [1.165, 1.54) is 31.9 Å². The lowest BCUT2D eigenvalue weighted by Gasteiger charge is -2.13. The van der Waals surface area contributed by atoms with E-state index >= 15 is 0 Å². The van der Waals surface area contributed by atoms with Gasteiger partial charge in [0, 0.05) is 18.3 Å². The summed E-state index contributed by atoms with van der Waals surface area (Å²) in [5.41, 5.74) is 1.35. The van der Waals surface area contributed by atoms with Gasteiger partial charge >= 0.3 is 5.97 Å². The zero-order valence-corrected chi connectivity index (χ0v) is 16.9. The van der Waals surface area contributed by atoms with Crippen LogP contribution in [0, 0.1) is 0 Å². The summed E-state index contributed by atoms with van der Waals surface area (Å²) in [4.78, 5) is 16.0. The van der Waals surface area contributed by atoms with Crippen molar-refractivity contribution in [3.05, 3.63) is 53.1 Å². The SMILES string of the molecule is CCCCCCCCN=CC(C(=O)O)=C(O)c1c(CC)ccc2ccccc12. The normalized spacial score (nSPS) is 12.5. The van der Waals surface area contributed by atoms with Gasteiger partial charge in [0.2, 0.25) is 0 Å². The highest BCUT2D eigenvalue weighted by Crippen LogP contribution is 2.29. The van der Waals surface area contributed by atoms with Gasteiger partial charge in [0.15, 0.2) is 0 Å². The molecule has 0 atom stereocenters. The Labute approximate surface area is 167 Å². The zero-order valence-electron chi connectivity index (χ0n) is 16.9. The molecule has 0 saturated heterocycles. The molecule has 28 heavy (non-hydrogen) atoms. The maximum atomic E-state index is 11.8. The summed E-state index contributed by atoms with van der Waals surface area (Å²) in [6.45, 7) is 4.76. The average molecular weight is 382 g/mol. The van der Waals surface area contributed by atoms with E-state index in [-0.39, 0.29) is 11.3 Å². The Balaban J connectivity index is 2.25. The van der Waals surface area contributed by atoms with E-state index in [0.717, 1.165) is 29.2 Å². The molecule has 0 aliphatic heterocycles. The number of aliphatic imine (C=N–C) groups is 1. The maximum absolute atomic E-state index is 11.8. The number of aliphatic hydroxyl groups excluding tert-OH is 1. The van der Waals surface area contributed by atoms with Crippen molar-refractivity contribution in [2.45, 2.75) is 58.8 Å². The van der Waals surface area contributed by atoms with E-state index in [9.17, 15) is 15.0 Å². The minimum atomic E-state index is -1.17. The first-order valence-corrected chi connectivity index (χ1v) is 10.3. The zero-order chi connectivity index (χ0) is 20.4. The minimum Gasteiger partial charge on any atom is -0.506 e. The van der Waals surface area contributed by atoms with Crippen molar-refractivity contribution in [1.29, 1.82) is 0 Å². The molecule has 0 aliphatic carbocycles. The first-order chi connectivity index (χ1) is 13.6. The van der Waals surface area contributed by atoms with E-state index in [1.54, 1.807) is 0 Å². The number of benzene rings is 2.